The van der Waals surface area contributed by atoms with E-state index in [2.05, 4.69) is 15.3 Å². The van der Waals surface area contributed by atoms with Crippen LogP contribution >= 0.6 is 0 Å². The van der Waals surface area contributed by atoms with Crippen molar-refractivity contribution in [3.8, 4) is 0 Å². The molecule has 0 aliphatic heterocycles. The predicted octanol–water partition coefficient (Wildman–Crippen LogP) is 2.31. The minimum Gasteiger partial charge on any atom is -0.342 e. The van der Waals surface area contributed by atoms with Crippen LogP contribution in [0.3, 0.4) is 0 Å². The van der Waals surface area contributed by atoms with Crippen LogP contribution in [0.15, 0.2) is 24.7 Å². The second-order valence-corrected chi connectivity index (χ2v) is 4.98. The normalized spacial score (nSPS) is 12.2. The molecule has 0 radical (unpaired) electrons. The Balaban J connectivity index is 2.18. The SMILES string of the molecule is CC[C@H](NC(=O)c1c(C)ncn1C)c1ccc(C)cn1. The molecule has 2 rings (SSSR count). The zero-order valence-electron chi connectivity index (χ0n) is 12.3. The zero-order chi connectivity index (χ0) is 14.7. The van der Waals surface area contributed by atoms with Crippen LogP contribution in [0.2, 0.25) is 0 Å². The maximum Gasteiger partial charge on any atom is 0.270 e. The number of nitrogens with zero attached hydrogens (tertiary/aromatic N) is 3. The van der Waals surface area contributed by atoms with E-state index in [4.69, 9.17) is 0 Å². The summed E-state index contributed by atoms with van der Waals surface area (Å²) in [6.45, 7) is 5.86. The number of carbonyl (C=O) groups excluding carboxylic acids is 1. The van der Waals surface area contributed by atoms with E-state index >= 15 is 0 Å². The molecule has 0 unspecified atom stereocenters. The molecule has 1 N–H and O–H groups in total. The van der Waals surface area contributed by atoms with Gasteiger partial charge in [0.2, 0.25) is 0 Å². The highest BCUT2D eigenvalue weighted by Crippen LogP contribution is 2.16. The maximum absolute atomic E-state index is 12.4. The van der Waals surface area contributed by atoms with Gasteiger partial charge in [0, 0.05) is 13.2 Å². The maximum atomic E-state index is 12.4. The van der Waals surface area contributed by atoms with Crippen molar-refractivity contribution < 1.29 is 4.79 Å². The molecular formula is C15H20N4O. The Morgan fingerprint density at radius 1 is 1.35 bits per heavy atom. The van der Waals surface area contributed by atoms with E-state index in [1.54, 1.807) is 10.9 Å². The van der Waals surface area contributed by atoms with E-state index in [9.17, 15) is 4.79 Å². The molecule has 2 heterocycles. The first kappa shape index (κ1) is 14.2. The molecule has 0 fully saturated rings. The fraction of sp³-hybridized carbons (Fsp3) is 0.400. The summed E-state index contributed by atoms with van der Waals surface area (Å²) >= 11 is 0. The van der Waals surface area contributed by atoms with E-state index in [0.717, 1.165) is 23.4 Å². The Hall–Kier alpha value is -2.17. The Morgan fingerprint density at radius 2 is 2.10 bits per heavy atom. The molecule has 1 atom stereocenters. The van der Waals surface area contributed by atoms with Crippen LogP contribution < -0.4 is 5.32 Å². The minimum absolute atomic E-state index is 0.0857. The summed E-state index contributed by atoms with van der Waals surface area (Å²) < 4.78 is 1.74. The van der Waals surface area contributed by atoms with Gasteiger partial charge in [-0.3, -0.25) is 9.78 Å². The van der Waals surface area contributed by atoms with Gasteiger partial charge in [-0.25, -0.2) is 4.98 Å². The van der Waals surface area contributed by atoms with Crippen molar-refractivity contribution in [3.05, 3.63) is 47.3 Å². The Bertz CT molecular complexity index is 581. The number of imidazole rings is 1. The molecule has 1 amide bonds. The largest absolute Gasteiger partial charge is 0.342 e. The summed E-state index contributed by atoms with van der Waals surface area (Å²) in [5, 5.41) is 3.02. The molecule has 0 aliphatic carbocycles. The lowest BCUT2D eigenvalue weighted by molar-refractivity contribution is 0.0925. The molecule has 2 aromatic rings. The van der Waals surface area contributed by atoms with Crippen LogP contribution in [0.5, 0.6) is 0 Å². The fourth-order valence-corrected chi connectivity index (χ4v) is 2.17. The lowest BCUT2D eigenvalue weighted by atomic mass is 10.1. The van der Waals surface area contributed by atoms with E-state index in [-0.39, 0.29) is 11.9 Å². The molecule has 0 aliphatic rings. The van der Waals surface area contributed by atoms with Crippen molar-refractivity contribution in [2.24, 2.45) is 7.05 Å². The summed E-state index contributed by atoms with van der Waals surface area (Å²) in [4.78, 5) is 20.9. The Labute approximate surface area is 119 Å². The summed E-state index contributed by atoms with van der Waals surface area (Å²) in [6.07, 6.45) is 4.26. The van der Waals surface area contributed by atoms with Crippen molar-refractivity contribution in [2.45, 2.75) is 33.2 Å². The van der Waals surface area contributed by atoms with Crippen molar-refractivity contribution in [1.29, 1.82) is 0 Å². The molecular weight excluding hydrogens is 252 g/mol. The highest BCUT2D eigenvalue weighted by molar-refractivity contribution is 5.93. The molecule has 0 spiro atoms. The third-order valence-corrected chi connectivity index (χ3v) is 3.34. The second-order valence-electron chi connectivity index (χ2n) is 4.98. The van der Waals surface area contributed by atoms with Gasteiger partial charge in [-0.05, 0) is 31.9 Å². The molecule has 5 heteroatoms. The van der Waals surface area contributed by atoms with Crippen molar-refractivity contribution in [2.75, 3.05) is 0 Å². The van der Waals surface area contributed by atoms with Crippen LogP contribution in [-0.4, -0.2) is 20.4 Å². The molecule has 0 saturated carbocycles. The number of pyridine rings is 1. The predicted molar refractivity (Wildman–Crippen MR) is 77.4 cm³/mol. The summed E-state index contributed by atoms with van der Waals surface area (Å²) in [7, 11) is 1.82. The third kappa shape index (κ3) is 2.87. The van der Waals surface area contributed by atoms with Gasteiger partial charge in [0.25, 0.3) is 5.91 Å². The Morgan fingerprint density at radius 3 is 2.60 bits per heavy atom. The first-order valence-corrected chi connectivity index (χ1v) is 6.74. The number of aromatic nitrogens is 3. The average molecular weight is 272 g/mol. The summed E-state index contributed by atoms with van der Waals surface area (Å²) in [6, 6.07) is 3.88. The number of hydrogen-bond acceptors (Lipinski definition) is 3. The molecule has 0 bridgehead atoms. The first-order chi connectivity index (χ1) is 9.52. The lowest BCUT2D eigenvalue weighted by Crippen LogP contribution is -2.30. The highest BCUT2D eigenvalue weighted by Gasteiger charge is 2.19. The number of nitrogens with one attached hydrogen (secondary N) is 1. The van der Waals surface area contributed by atoms with E-state index < -0.39 is 0 Å². The van der Waals surface area contributed by atoms with Crippen molar-refractivity contribution >= 4 is 5.91 Å². The standard InChI is InChI=1S/C15H20N4O/c1-5-12(13-7-6-10(2)8-16-13)18-15(20)14-11(3)17-9-19(14)4/h6-9,12H,5H2,1-4H3,(H,18,20)/t12-/m0/s1. The smallest absolute Gasteiger partial charge is 0.270 e. The van der Waals surface area contributed by atoms with Gasteiger partial charge in [0.05, 0.1) is 23.8 Å². The fourth-order valence-electron chi connectivity index (χ4n) is 2.17. The van der Waals surface area contributed by atoms with Crippen LogP contribution in [-0.2, 0) is 7.05 Å². The van der Waals surface area contributed by atoms with Gasteiger partial charge in [-0.2, -0.15) is 0 Å². The van der Waals surface area contributed by atoms with E-state index in [1.807, 2.05) is 46.1 Å². The number of amides is 1. The third-order valence-electron chi connectivity index (χ3n) is 3.34. The van der Waals surface area contributed by atoms with Crippen LogP contribution in [0, 0.1) is 13.8 Å². The molecule has 106 valence electrons. The van der Waals surface area contributed by atoms with Crippen molar-refractivity contribution in [1.82, 2.24) is 19.9 Å². The zero-order valence-corrected chi connectivity index (χ0v) is 12.3. The topological polar surface area (TPSA) is 59.8 Å². The lowest BCUT2D eigenvalue weighted by Gasteiger charge is -2.17. The van der Waals surface area contributed by atoms with Crippen LogP contribution in [0.25, 0.3) is 0 Å². The van der Waals surface area contributed by atoms with Crippen LogP contribution in [0.1, 0.15) is 46.8 Å². The quantitative estimate of drug-likeness (QED) is 0.929. The van der Waals surface area contributed by atoms with Crippen LogP contribution in [0.4, 0.5) is 0 Å². The monoisotopic (exact) mass is 272 g/mol. The Kier molecular flexibility index (Phi) is 4.17. The summed E-state index contributed by atoms with van der Waals surface area (Å²) in [5.74, 6) is -0.114. The summed E-state index contributed by atoms with van der Waals surface area (Å²) in [5.41, 5.74) is 3.32. The minimum atomic E-state index is -0.114. The molecule has 5 nitrogen and oxygen atoms in total. The highest BCUT2D eigenvalue weighted by atomic mass is 16.2. The molecule has 2 aromatic heterocycles. The van der Waals surface area contributed by atoms with Gasteiger partial charge >= 0.3 is 0 Å². The molecule has 0 saturated heterocycles. The van der Waals surface area contributed by atoms with Gasteiger partial charge in [0.1, 0.15) is 5.69 Å². The number of aryl methyl sites for hydroxylation is 3. The molecule has 20 heavy (non-hydrogen) atoms. The number of carbonyl (C=O) groups is 1. The average Bonchev–Trinajstić information content (AvgIpc) is 2.76. The van der Waals surface area contributed by atoms with Gasteiger partial charge in [-0.15, -0.1) is 0 Å². The van der Waals surface area contributed by atoms with Gasteiger partial charge in [0.15, 0.2) is 0 Å². The van der Waals surface area contributed by atoms with E-state index in [0.29, 0.717) is 5.69 Å². The second kappa shape index (κ2) is 5.86. The first-order valence-electron chi connectivity index (χ1n) is 6.74. The molecule has 0 aromatic carbocycles. The van der Waals surface area contributed by atoms with E-state index in [1.165, 1.54) is 0 Å². The number of rotatable bonds is 4. The number of hydrogen-bond donors (Lipinski definition) is 1. The van der Waals surface area contributed by atoms with Gasteiger partial charge < -0.3 is 9.88 Å². The van der Waals surface area contributed by atoms with Crippen molar-refractivity contribution in [3.63, 3.8) is 0 Å². The van der Waals surface area contributed by atoms with Gasteiger partial charge in [-0.1, -0.05) is 13.0 Å².